The van der Waals surface area contributed by atoms with Crippen LogP contribution in [-0.2, 0) is 11.2 Å². The van der Waals surface area contributed by atoms with Crippen molar-refractivity contribution in [3.63, 3.8) is 0 Å². The van der Waals surface area contributed by atoms with E-state index in [2.05, 4.69) is 0 Å². The van der Waals surface area contributed by atoms with Crippen LogP contribution in [0.4, 0.5) is 0 Å². The van der Waals surface area contributed by atoms with Crippen LogP contribution in [0.15, 0.2) is 36.4 Å². The van der Waals surface area contributed by atoms with Crippen LogP contribution < -0.4 is 14.2 Å². The second-order valence-electron chi connectivity index (χ2n) is 8.48. The average molecular weight is 529 g/mol. The standard InChI is InChI=1S/C28H29ClO8/c1-4-6-20-27(34)21(16(2)30)14-23(29)28(20)36-12-5-11-35-24-10-8-18-7-9-19(37-15-25(32)33)13-22(18)26(24)17(3)31/h7-10,13-14,34H,4-6,11-12,15H2,1-3H3,(H,32,33). The van der Waals surface area contributed by atoms with Gasteiger partial charge in [0, 0.05) is 12.0 Å². The first kappa shape index (κ1) is 27.8. The summed E-state index contributed by atoms with van der Waals surface area (Å²) < 4.78 is 17.0. The fourth-order valence-electron chi connectivity index (χ4n) is 3.99. The zero-order valence-corrected chi connectivity index (χ0v) is 21.7. The van der Waals surface area contributed by atoms with Crippen LogP contribution in [0, 0.1) is 0 Å². The number of hydrogen-bond acceptors (Lipinski definition) is 7. The van der Waals surface area contributed by atoms with E-state index < -0.39 is 12.6 Å². The average Bonchev–Trinajstić information content (AvgIpc) is 2.85. The molecule has 0 fully saturated rings. The van der Waals surface area contributed by atoms with Gasteiger partial charge in [-0.05, 0) is 55.3 Å². The minimum atomic E-state index is -1.10. The van der Waals surface area contributed by atoms with E-state index in [1.165, 1.54) is 19.9 Å². The van der Waals surface area contributed by atoms with E-state index in [1.54, 1.807) is 24.3 Å². The van der Waals surface area contributed by atoms with E-state index in [1.807, 2.05) is 13.0 Å². The maximum absolute atomic E-state index is 12.5. The van der Waals surface area contributed by atoms with E-state index in [0.717, 1.165) is 11.8 Å². The van der Waals surface area contributed by atoms with E-state index in [0.29, 0.717) is 46.6 Å². The number of phenolic OH excluding ortho intramolecular Hbond substituents is 1. The summed E-state index contributed by atoms with van der Waals surface area (Å²) in [5.41, 5.74) is 1.03. The van der Waals surface area contributed by atoms with Gasteiger partial charge < -0.3 is 24.4 Å². The summed E-state index contributed by atoms with van der Waals surface area (Å²) in [4.78, 5) is 35.1. The Morgan fingerprint density at radius 1 is 0.946 bits per heavy atom. The van der Waals surface area contributed by atoms with Gasteiger partial charge >= 0.3 is 5.97 Å². The van der Waals surface area contributed by atoms with Gasteiger partial charge in [-0.25, -0.2) is 4.79 Å². The zero-order valence-electron chi connectivity index (χ0n) is 20.9. The first-order chi connectivity index (χ1) is 17.6. The van der Waals surface area contributed by atoms with Crippen molar-refractivity contribution < 1.29 is 38.8 Å². The molecule has 8 nitrogen and oxygen atoms in total. The molecule has 0 spiro atoms. The molecule has 9 heteroatoms. The number of Topliss-reactive ketones (excluding diaryl/α,β-unsaturated/α-hetero) is 2. The van der Waals surface area contributed by atoms with E-state index in [9.17, 15) is 19.5 Å². The van der Waals surface area contributed by atoms with E-state index in [4.69, 9.17) is 30.9 Å². The molecular formula is C28H29ClO8. The van der Waals surface area contributed by atoms with Crippen molar-refractivity contribution in [2.24, 2.45) is 0 Å². The number of ether oxygens (including phenoxy) is 3. The zero-order chi connectivity index (χ0) is 27.1. The molecule has 2 N–H and O–H groups in total. The van der Waals surface area contributed by atoms with E-state index in [-0.39, 0.29) is 41.1 Å². The SMILES string of the molecule is CCCc1c(O)c(C(C)=O)cc(Cl)c1OCCCOc1ccc2ccc(OCC(=O)O)cc2c1C(C)=O. The van der Waals surface area contributed by atoms with Crippen molar-refractivity contribution in [2.45, 2.75) is 40.0 Å². The molecule has 0 radical (unpaired) electrons. The quantitative estimate of drug-likeness (QED) is 0.209. The summed E-state index contributed by atoms with van der Waals surface area (Å²) in [5.74, 6) is -0.628. The lowest BCUT2D eigenvalue weighted by atomic mass is 10.0. The van der Waals surface area contributed by atoms with Crippen molar-refractivity contribution in [1.82, 2.24) is 0 Å². The number of benzene rings is 3. The van der Waals surface area contributed by atoms with Crippen molar-refractivity contribution in [1.29, 1.82) is 0 Å². The van der Waals surface area contributed by atoms with Gasteiger partial charge in [0.15, 0.2) is 18.2 Å². The number of aromatic hydroxyl groups is 1. The molecule has 3 aromatic carbocycles. The predicted octanol–water partition coefficient (Wildman–Crippen LogP) is 5.87. The molecular weight excluding hydrogens is 500 g/mol. The van der Waals surface area contributed by atoms with Crippen molar-refractivity contribution in [3.05, 3.63) is 58.1 Å². The number of carbonyl (C=O) groups excluding carboxylic acids is 2. The molecule has 0 amide bonds. The van der Waals surface area contributed by atoms with Crippen molar-refractivity contribution in [3.8, 4) is 23.0 Å². The highest BCUT2D eigenvalue weighted by atomic mass is 35.5. The molecule has 0 saturated heterocycles. The Morgan fingerprint density at radius 3 is 2.30 bits per heavy atom. The molecule has 0 aliphatic carbocycles. The van der Waals surface area contributed by atoms with Crippen molar-refractivity contribution >= 4 is 39.9 Å². The third-order valence-electron chi connectivity index (χ3n) is 5.64. The Morgan fingerprint density at radius 2 is 1.65 bits per heavy atom. The summed E-state index contributed by atoms with van der Waals surface area (Å²) in [5, 5.41) is 21.0. The second-order valence-corrected chi connectivity index (χ2v) is 8.89. The van der Waals surface area contributed by atoms with Gasteiger partial charge in [-0.3, -0.25) is 9.59 Å². The summed E-state index contributed by atoms with van der Waals surface area (Å²) in [6.45, 7) is 4.72. The van der Waals surface area contributed by atoms with Crippen LogP contribution in [-0.4, -0.2) is 47.6 Å². The number of ketones is 2. The van der Waals surface area contributed by atoms with Gasteiger partial charge in [0.05, 0.1) is 29.4 Å². The molecule has 0 bridgehead atoms. The fourth-order valence-corrected chi connectivity index (χ4v) is 4.27. The van der Waals surface area contributed by atoms with Crippen LogP contribution in [0.25, 0.3) is 10.8 Å². The highest BCUT2D eigenvalue weighted by Gasteiger charge is 2.20. The molecule has 0 heterocycles. The summed E-state index contributed by atoms with van der Waals surface area (Å²) in [6.07, 6.45) is 1.67. The normalized spacial score (nSPS) is 10.8. The van der Waals surface area contributed by atoms with Gasteiger partial charge in [0.2, 0.25) is 0 Å². The number of carboxylic acid groups (broad SMARTS) is 1. The lowest BCUT2D eigenvalue weighted by Gasteiger charge is -2.17. The smallest absolute Gasteiger partial charge is 0.341 e. The highest BCUT2D eigenvalue weighted by molar-refractivity contribution is 6.32. The van der Waals surface area contributed by atoms with Crippen LogP contribution in [0.1, 0.15) is 59.9 Å². The minimum absolute atomic E-state index is 0.112. The molecule has 0 aliphatic heterocycles. The molecule has 0 aliphatic rings. The number of aliphatic carboxylic acids is 1. The largest absolute Gasteiger partial charge is 0.507 e. The van der Waals surface area contributed by atoms with Crippen molar-refractivity contribution in [2.75, 3.05) is 19.8 Å². The van der Waals surface area contributed by atoms with Gasteiger partial charge in [-0.15, -0.1) is 0 Å². The molecule has 3 rings (SSSR count). The molecule has 0 aromatic heterocycles. The second kappa shape index (κ2) is 12.5. The van der Waals surface area contributed by atoms with Crippen LogP contribution >= 0.6 is 11.6 Å². The number of carbonyl (C=O) groups is 3. The lowest BCUT2D eigenvalue weighted by Crippen LogP contribution is -2.10. The number of hydrogen-bond donors (Lipinski definition) is 2. The number of halogens is 1. The Kier molecular flexibility index (Phi) is 9.36. The highest BCUT2D eigenvalue weighted by Crippen LogP contribution is 2.39. The minimum Gasteiger partial charge on any atom is -0.507 e. The summed E-state index contributed by atoms with van der Waals surface area (Å²) >= 11 is 6.36. The number of phenols is 1. The maximum Gasteiger partial charge on any atom is 0.341 e. The monoisotopic (exact) mass is 528 g/mol. The molecule has 0 unspecified atom stereocenters. The summed E-state index contributed by atoms with van der Waals surface area (Å²) in [6, 6.07) is 9.95. The topological polar surface area (TPSA) is 119 Å². The Labute approximate surface area is 219 Å². The Hall–Kier alpha value is -3.78. The maximum atomic E-state index is 12.5. The number of carboxylic acids is 1. The molecule has 3 aromatic rings. The molecule has 0 saturated carbocycles. The number of rotatable bonds is 13. The lowest BCUT2D eigenvalue weighted by molar-refractivity contribution is -0.139. The molecule has 0 atom stereocenters. The van der Waals surface area contributed by atoms with Crippen LogP contribution in [0.2, 0.25) is 5.02 Å². The van der Waals surface area contributed by atoms with Gasteiger partial charge in [-0.2, -0.15) is 0 Å². The van der Waals surface area contributed by atoms with Gasteiger partial charge in [0.1, 0.15) is 23.0 Å². The first-order valence-corrected chi connectivity index (χ1v) is 12.2. The Balaban J connectivity index is 1.72. The van der Waals surface area contributed by atoms with E-state index >= 15 is 0 Å². The van der Waals surface area contributed by atoms with Gasteiger partial charge in [-0.1, -0.05) is 37.1 Å². The van der Waals surface area contributed by atoms with Crippen LogP contribution in [0.3, 0.4) is 0 Å². The number of fused-ring (bicyclic) bond motifs is 1. The van der Waals surface area contributed by atoms with Crippen LogP contribution in [0.5, 0.6) is 23.0 Å². The van der Waals surface area contributed by atoms with Gasteiger partial charge in [0.25, 0.3) is 0 Å². The third-order valence-corrected chi connectivity index (χ3v) is 5.92. The first-order valence-electron chi connectivity index (χ1n) is 11.9. The molecule has 37 heavy (non-hydrogen) atoms. The summed E-state index contributed by atoms with van der Waals surface area (Å²) in [7, 11) is 0. The predicted molar refractivity (Wildman–Crippen MR) is 140 cm³/mol. The Bertz CT molecular complexity index is 1330. The fraction of sp³-hybridized carbons (Fsp3) is 0.321. The molecule has 196 valence electrons. The third kappa shape index (κ3) is 6.71.